The van der Waals surface area contributed by atoms with Crippen LogP contribution in [0.3, 0.4) is 0 Å². The highest BCUT2D eigenvalue weighted by Gasteiger charge is 2.17. The second kappa shape index (κ2) is 9.02. The number of alkyl halides is 2. The minimum Gasteiger partial charge on any atom is -0.490 e. The number of carbonyl (C=O) groups excluding carboxylic acids is 1. The van der Waals surface area contributed by atoms with Crippen molar-refractivity contribution in [1.29, 1.82) is 5.26 Å². The van der Waals surface area contributed by atoms with Crippen molar-refractivity contribution < 1.29 is 27.8 Å². The zero-order valence-corrected chi connectivity index (χ0v) is 14.4. The minimum atomic E-state index is -2.92. The van der Waals surface area contributed by atoms with Gasteiger partial charge in [-0.15, -0.1) is 0 Å². The van der Waals surface area contributed by atoms with E-state index in [1.165, 1.54) is 36.4 Å². The third kappa shape index (κ3) is 5.33. The Morgan fingerprint density at radius 3 is 2.54 bits per heavy atom. The molecule has 5 nitrogen and oxygen atoms in total. The summed E-state index contributed by atoms with van der Waals surface area (Å²) in [6, 6.07) is 10.3. The van der Waals surface area contributed by atoms with Crippen molar-refractivity contribution in [3.05, 3.63) is 52.5 Å². The van der Waals surface area contributed by atoms with Crippen LogP contribution in [0.5, 0.6) is 17.2 Å². The molecule has 0 N–H and O–H groups in total. The average Bonchev–Trinajstić information content (AvgIpc) is 2.59. The van der Waals surface area contributed by atoms with Gasteiger partial charge in [-0.2, -0.15) is 14.0 Å². The van der Waals surface area contributed by atoms with Crippen LogP contribution in [0.1, 0.15) is 18.1 Å². The molecule has 0 unspecified atom stereocenters. The number of rotatable bonds is 7. The standard InChI is InChI=1S/C18H14ClF2NO4/c1-2-24-15-8-12(10-22)7-14(19)17(15)26-16(23)9-11-3-5-13(6-4-11)25-18(20)21/h3-8,18H,2,9H2,1H3. The van der Waals surface area contributed by atoms with Gasteiger partial charge < -0.3 is 14.2 Å². The molecule has 8 heteroatoms. The highest BCUT2D eigenvalue weighted by atomic mass is 35.5. The number of carbonyl (C=O) groups is 1. The first-order valence-corrected chi connectivity index (χ1v) is 7.91. The summed E-state index contributed by atoms with van der Waals surface area (Å²) in [6.07, 6.45) is -0.114. The Balaban J connectivity index is 2.11. The lowest BCUT2D eigenvalue weighted by molar-refractivity contribution is -0.133. The van der Waals surface area contributed by atoms with E-state index in [-0.39, 0.29) is 34.3 Å². The predicted octanol–water partition coefficient (Wildman–Crippen LogP) is 4.36. The highest BCUT2D eigenvalue weighted by Crippen LogP contribution is 2.36. The molecule has 0 heterocycles. The monoisotopic (exact) mass is 381 g/mol. The molecule has 136 valence electrons. The number of nitrogens with zero attached hydrogens (tertiary/aromatic N) is 1. The van der Waals surface area contributed by atoms with Crippen LogP contribution in [-0.4, -0.2) is 19.2 Å². The Morgan fingerprint density at radius 2 is 1.96 bits per heavy atom. The quantitative estimate of drug-likeness (QED) is 0.526. The van der Waals surface area contributed by atoms with Crippen molar-refractivity contribution in [2.75, 3.05) is 6.61 Å². The lowest BCUT2D eigenvalue weighted by Gasteiger charge is -2.13. The lowest BCUT2D eigenvalue weighted by Crippen LogP contribution is -2.12. The van der Waals surface area contributed by atoms with Crippen LogP contribution < -0.4 is 14.2 Å². The van der Waals surface area contributed by atoms with Crippen molar-refractivity contribution in [2.45, 2.75) is 20.0 Å². The van der Waals surface area contributed by atoms with Gasteiger partial charge in [-0.25, -0.2) is 0 Å². The molecule has 0 aliphatic rings. The zero-order valence-electron chi connectivity index (χ0n) is 13.7. The highest BCUT2D eigenvalue weighted by molar-refractivity contribution is 6.32. The number of hydrogen-bond donors (Lipinski definition) is 0. The van der Waals surface area contributed by atoms with Gasteiger partial charge in [-0.3, -0.25) is 4.79 Å². The minimum absolute atomic E-state index is 0.00844. The summed E-state index contributed by atoms with van der Waals surface area (Å²) in [4.78, 5) is 12.2. The van der Waals surface area contributed by atoms with Crippen LogP contribution in [0.25, 0.3) is 0 Å². The molecule has 26 heavy (non-hydrogen) atoms. The van der Waals surface area contributed by atoms with Crippen LogP contribution in [0, 0.1) is 11.3 Å². The van der Waals surface area contributed by atoms with Gasteiger partial charge in [0.15, 0.2) is 11.5 Å². The van der Waals surface area contributed by atoms with Crippen molar-refractivity contribution in [1.82, 2.24) is 0 Å². The first kappa shape index (κ1) is 19.5. The molecule has 0 aromatic heterocycles. The summed E-state index contributed by atoms with van der Waals surface area (Å²) < 4.78 is 39.1. The van der Waals surface area contributed by atoms with Crippen molar-refractivity contribution >= 4 is 17.6 Å². The molecule has 0 radical (unpaired) electrons. The predicted molar refractivity (Wildman–Crippen MR) is 89.7 cm³/mol. The zero-order chi connectivity index (χ0) is 19.1. The maximum Gasteiger partial charge on any atom is 0.387 e. The van der Waals surface area contributed by atoms with Gasteiger partial charge in [-0.05, 0) is 30.7 Å². The van der Waals surface area contributed by atoms with E-state index in [9.17, 15) is 13.6 Å². The van der Waals surface area contributed by atoms with Gasteiger partial charge in [-0.1, -0.05) is 23.7 Å². The lowest BCUT2D eigenvalue weighted by atomic mass is 10.1. The Labute approximate surface area is 153 Å². The topological polar surface area (TPSA) is 68.5 Å². The fraction of sp³-hybridized carbons (Fsp3) is 0.222. The van der Waals surface area contributed by atoms with E-state index in [1.54, 1.807) is 6.92 Å². The van der Waals surface area contributed by atoms with E-state index in [0.717, 1.165) is 0 Å². The van der Waals surface area contributed by atoms with E-state index < -0.39 is 12.6 Å². The Morgan fingerprint density at radius 1 is 1.27 bits per heavy atom. The van der Waals surface area contributed by atoms with Crippen LogP contribution in [0.4, 0.5) is 8.78 Å². The van der Waals surface area contributed by atoms with Crippen molar-refractivity contribution in [3.8, 4) is 23.3 Å². The van der Waals surface area contributed by atoms with E-state index in [4.69, 9.17) is 26.3 Å². The van der Waals surface area contributed by atoms with Crippen molar-refractivity contribution in [2.24, 2.45) is 0 Å². The average molecular weight is 382 g/mol. The smallest absolute Gasteiger partial charge is 0.387 e. The Bertz CT molecular complexity index is 819. The SMILES string of the molecule is CCOc1cc(C#N)cc(Cl)c1OC(=O)Cc1ccc(OC(F)F)cc1. The number of halogens is 3. The van der Waals surface area contributed by atoms with Gasteiger partial charge in [0.25, 0.3) is 0 Å². The summed E-state index contributed by atoms with van der Waals surface area (Å²) in [5.41, 5.74) is 0.812. The van der Waals surface area contributed by atoms with E-state index in [2.05, 4.69) is 4.74 Å². The number of benzene rings is 2. The summed E-state index contributed by atoms with van der Waals surface area (Å²) in [5.74, 6) is -0.424. The molecule has 0 amide bonds. The largest absolute Gasteiger partial charge is 0.490 e. The molecule has 0 bridgehead atoms. The third-order valence-corrected chi connectivity index (χ3v) is 3.43. The molecule has 0 saturated heterocycles. The van der Waals surface area contributed by atoms with Gasteiger partial charge in [0.1, 0.15) is 5.75 Å². The summed E-state index contributed by atoms with van der Waals surface area (Å²) in [7, 11) is 0. The summed E-state index contributed by atoms with van der Waals surface area (Å²) in [6.45, 7) is -0.885. The molecular weight excluding hydrogens is 368 g/mol. The maximum absolute atomic E-state index is 12.2. The second-order valence-electron chi connectivity index (χ2n) is 5.00. The Kier molecular flexibility index (Phi) is 6.75. The van der Waals surface area contributed by atoms with E-state index >= 15 is 0 Å². The molecule has 0 spiro atoms. The summed E-state index contributed by atoms with van der Waals surface area (Å²) >= 11 is 6.07. The number of hydrogen-bond acceptors (Lipinski definition) is 5. The molecule has 0 atom stereocenters. The fourth-order valence-corrected chi connectivity index (χ4v) is 2.35. The van der Waals surface area contributed by atoms with Crippen LogP contribution in [0.15, 0.2) is 36.4 Å². The fourth-order valence-electron chi connectivity index (χ4n) is 2.10. The summed E-state index contributed by atoms with van der Waals surface area (Å²) in [5, 5.41) is 9.04. The molecule has 0 saturated carbocycles. The Hall–Kier alpha value is -2.85. The third-order valence-electron chi connectivity index (χ3n) is 3.15. The molecule has 2 aromatic carbocycles. The van der Waals surface area contributed by atoms with Gasteiger partial charge >= 0.3 is 12.6 Å². The van der Waals surface area contributed by atoms with Gasteiger partial charge in [0.05, 0.1) is 29.7 Å². The molecule has 0 aliphatic carbocycles. The second-order valence-corrected chi connectivity index (χ2v) is 5.41. The molecule has 2 aromatic rings. The number of ether oxygens (including phenoxy) is 3. The molecular formula is C18H14ClF2NO4. The van der Waals surface area contributed by atoms with Crippen LogP contribution >= 0.6 is 11.6 Å². The van der Waals surface area contributed by atoms with E-state index in [1.807, 2.05) is 6.07 Å². The first-order chi connectivity index (χ1) is 12.4. The van der Waals surface area contributed by atoms with E-state index in [0.29, 0.717) is 12.2 Å². The first-order valence-electron chi connectivity index (χ1n) is 7.53. The van der Waals surface area contributed by atoms with Crippen LogP contribution in [0.2, 0.25) is 5.02 Å². The van der Waals surface area contributed by atoms with Gasteiger partial charge in [0, 0.05) is 6.07 Å². The maximum atomic E-state index is 12.2. The number of esters is 1. The molecule has 2 rings (SSSR count). The van der Waals surface area contributed by atoms with Crippen molar-refractivity contribution in [3.63, 3.8) is 0 Å². The number of nitriles is 1. The molecule has 0 fully saturated rings. The van der Waals surface area contributed by atoms with Crippen LogP contribution in [-0.2, 0) is 11.2 Å². The normalized spacial score (nSPS) is 10.3. The molecule has 0 aliphatic heterocycles. The van der Waals surface area contributed by atoms with Gasteiger partial charge in [0.2, 0.25) is 0 Å².